The standard InChI is InChI=1S/C24H32N2O2.C8H9NO/c1-5-24(25(3)4,18-20-8-6-19(2)7-9-20)23(27)21-10-12-22(13-11-21)26-14-16-28-17-15-26;9-6-8(10)7-4-2-1-3-5-7/h6-13H,5,14-18H2,1-4H3;1-5H,6,9H2. The van der Waals surface area contributed by atoms with Crippen molar-refractivity contribution in [1.82, 2.24) is 4.90 Å². The van der Waals surface area contributed by atoms with E-state index in [9.17, 15) is 9.59 Å². The molecule has 1 aliphatic heterocycles. The Hall–Kier alpha value is -3.32. The van der Waals surface area contributed by atoms with Crippen LogP contribution >= 0.6 is 0 Å². The molecule has 1 aliphatic rings. The maximum atomic E-state index is 13.6. The largest absolute Gasteiger partial charge is 0.378 e. The molecule has 38 heavy (non-hydrogen) atoms. The summed E-state index contributed by atoms with van der Waals surface area (Å²) in [4.78, 5) is 28.9. The molecular weight excluding hydrogens is 474 g/mol. The zero-order valence-electron chi connectivity index (χ0n) is 23.2. The third-order valence-electron chi connectivity index (χ3n) is 7.27. The van der Waals surface area contributed by atoms with Gasteiger partial charge in [0.15, 0.2) is 11.6 Å². The van der Waals surface area contributed by atoms with Crippen molar-refractivity contribution in [2.75, 3.05) is 51.8 Å². The van der Waals surface area contributed by atoms with Crippen LogP contribution < -0.4 is 10.6 Å². The number of ketones is 2. The first kappa shape index (κ1) is 29.2. The van der Waals surface area contributed by atoms with Crippen molar-refractivity contribution in [3.63, 3.8) is 0 Å². The quantitative estimate of drug-likeness (QED) is 0.413. The summed E-state index contributed by atoms with van der Waals surface area (Å²) in [5.74, 6) is 0.176. The van der Waals surface area contributed by atoms with Gasteiger partial charge in [0.25, 0.3) is 0 Å². The van der Waals surface area contributed by atoms with Crippen LogP contribution in [0.2, 0.25) is 0 Å². The van der Waals surface area contributed by atoms with Crippen molar-refractivity contribution in [3.8, 4) is 0 Å². The average molecular weight is 516 g/mol. The number of carbonyl (C=O) groups is 2. The summed E-state index contributed by atoms with van der Waals surface area (Å²) in [5, 5.41) is 0. The van der Waals surface area contributed by atoms with E-state index in [2.05, 4.69) is 60.0 Å². The SMILES string of the molecule is CCC(Cc1ccc(C)cc1)(C(=O)c1ccc(N2CCOCC2)cc1)N(C)C.NCC(=O)c1ccccc1. The molecule has 1 atom stereocenters. The first-order valence-electron chi connectivity index (χ1n) is 13.3. The molecule has 6 nitrogen and oxygen atoms in total. The van der Waals surface area contributed by atoms with Gasteiger partial charge in [-0.3, -0.25) is 14.5 Å². The minimum absolute atomic E-state index is 0.0133. The van der Waals surface area contributed by atoms with E-state index in [0.717, 1.165) is 44.0 Å². The Morgan fingerprint density at radius 2 is 1.50 bits per heavy atom. The van der Waals surface area contributed by atoms with Gasteiger partial charge in [0.05, 0.1) is 25.3 Å². The van der Waals surface area contributed by atoms with E-state index >= 15 is 0 Å². The number of likely N-dealkylation sites (N-methyl/N-ethyl adjacent to an activating group) is 1. The van der Waals surface area contributed by atoms with Crippen LogP contribution in [0.25, 0.3) is 0 Å². The van der Waals surface area contributed by atoms with Crippen molar-refractivity contribution < 1.29 is 14.3 Å². The minimum Gasteiger partial charge on any atom is -0.378 e. The summed E-state index contributed by atoms with van der Waals surface area (Å²) in [7, 11) is 4.02. The Bertz CT molecular complexity index is 1150. The number of carbonyl (C=O) groups excluding carboxylic acids is 2. The van der Waals surface area contributed by atoms with E-state index in [1.807, 2.05) is 44.4 Å². The Kier molecular flexibility index (Phi) is 10.8. The fourth-order valence-electron chi connectivity index (χ4n) is 4.74. The molecule has 3 aromatic rings. The molecule has 1 heterocycles. The van der Waals surface area contributed by atoms with Gasteiger partial charge >= 0.3 is 0 Å². The highest BCUT2D eigenvalue weighted by Crippen LogP contribution is 2.29. The highest BCUT2D eigenvalue weighted by atomic mass is 16.5. The summed E-state index contributed by atoms with van der Waals surface area (Å²) in [6, 6.07) is 25.6. The van der Waals surface area contributed by atoms with Crippen molar-refractivity contribution >= 4 is 17.3 Å². The number of ether oxygens (including phenoxy) is 1. The van der Waals surface area contributed by atoms with Crippen molar-refractivity contribution in [2.45, 2.75) is 32.2 Å². The molecule has 0 aromatic heterocycles. The summed E-state index contributed by atoms with van der Waals surface area (Å²) in [6.45, 7) is 7.60. The molecule has 0 radical (unpaired) electrons. The van der Waals surface area contributed by atoms with Crippen LogP contribution in [0.5, 0.6) is 0 Å². The lowest BCUT2D eigenvalue weighted by Gasteiger charge is -2.38. The van der Waals surface area contributed by atoms with Gasteiger partial charge in [0.2, 0.25) is 0 Å². The predicted molar refractivity (Wildman–Crippen MR) is 155 cm³/mol. The summed E-state index contributed by atoms with van der Waals surface area (Å²) >= 11 is 0. The molecule has 1 saturated heterocycles. The van der Waals surface area contributed by atoms with Crippen LogP contribution in [0.4, 0.5) is 5.69 Å². The monoisotopic (exact) mass is 515 g/mol. The molecule has 1 fully saturated rings. The van der Waals surface area contributed by atoms with Gasteiger partial charge in [0.1, 0.15) is 0 Å². The van der Waals surface area contributed by atoms with E-state index < -0.39 is 5.54 Å². The van der Waals surface area contributed by atoms with Crippen LogP contribution in [0.1, 0.15) is 45.2 Å². The number of benzene rings is 3. The number of hydrogen-bond acceptors (Lipinski definition) is 6. The van der Waals surface area contributed by atoms with Gasteiger partial charge in [-0.05, 0) is 63.7 Å². The van der Waals surface area contributed by atoms with Gasteiger partial charge in [-0.1, -0.05) is 67.1 Å². The van der Waals surface area contributed by atoms with Crippen molar-refractivity contribution in [3.05, 3.63) is 101 Å². The fourth-order valence-corrected chi connectivity index (χ4v) is 4.74. The van der Waals surface area contributed by atoms with Crippen LogP contribution in [0, 0.1) is 6.92 Å². The first-order chi connectivity index (χ1) is 18.3. The Labute approximate surface area is 227 Å². The lowest BCUT2D eigenvalue weighted by molar-refractivity contribution is 0.0666. The zero-order chi connectivity index (χ0) is 27.5. The maximum Gasteiger partial charge on any atom is 0.183 e. The summed E-state index contributed by atoms with van der Waals surface area (Å²) in [6.07, 6.45) is 1.47. The first-order valence-corrected chi connectivity index (χ1v) is 13.3. The normalized spacial score (nSPS) is 14.8. The Morgan fingerprint density at radius 3 is 2.03 bits per heavy atom. The lowest BCUT2D eigenvalue weighted by Crippen LogP contribution is -2.52. The molecule has 0 amide bonds. The highest BCUT2D eigenvalue weighted by Gasteiger charge is 2.39. The number of anilines is 1. The number of hydrogen-bond donors (Lipinski definition) is 1. The van der Waals surface area contributed by atoms with Gasteiger partial charge in [0, 0.05) is 29.9 Å². The molecule has 2 N–H and O–H groups in total. The lowest BCUT2D eigenvalue weighted by atomic mass is 9.80. The number of morpholine rings is 1. The third kappa shape index (κ3) is 7.38. The van der Waals surface area contributed by atoms with Crippen LogP contribution in [-0.2, 0) is 11.2 Å². The molecule has 0 spiro atoms. The second kappa shape index (κ2) is 14.0. The van der Waals surface area contributed by atoms with Crippen LogP contribution in [0.15, 0.2) is 78.9 Å². The fraction of sp³-hybridized carbons (Fsp3) is 0.375. The number of nitrogens with two attached hydrogens (primary N) is 1. The molecular formula is C32H41N3O3. The predicted octanol–water partition coefficient (Wildman–Crippen LogP) is 4.80. The van der Waals surface area contributed by atoms with E-state index in [0.29, 0.717) is 12.0 Å². The molecule has 0 aliphatic carbocycles. The minimum atomic E-state index is -0.546. The van der Waals surface area contributed by atoms with Crippen molar-refractivity contribution in [2.24, 2.45) is 5.73 Å². The second-order valence-electron chi connectivity index (χ2n) is 9.91. The number of nitrogens with zero attached hydrogens (tertiary/aromatic N) is 2. The Balaban J connectivity index is 0.000000336. The van der Waals surface area contributed by atoms with Gasteiger partial charge < -0.3 is 15.4 Å². The molecule has 4 rings (SSSR count). The van der Waals surface area contributed by atoms with E-state index in [-0.39, 0.29) is 18.1 Å². The number of Topliss-reactive ketones (excluding diaryl/α,β-unsaturated/α-hetero) is 2. The summed E-state index contributed by atoms with van der Waals surface area (Å²) in [5.41, 5.74) is 9.66. The van der Waals surface area contributed by atoms with Crippen LogP contribution in [0.3, 0.4) is 0 Å². The number of aryl methyl sites for hydroxylation is 1. The smallest absolute Gasteiger partial charge is 0.183 e. The molecule has 1 unspecified atom stereocenters. The Morgan fingerprint density at radius 1 is 0.895 bits per heavy atom. The summed E-state index contributed by atoms with van der Waals surface area (Å²) < 4.78 is 5.43. The third-order valence-corrected chi connectivity index (χ3v) is 7.27. The van der Waals surface area contributed by atoms with E-state index in [1.54, 1.807) is 12.1 Å². The van der Waals surface area contributed by atoms with Gasteiger partial charge in [-0.2, -0.15) is 0 Å². The highest BCUT2D eigenvalue weighted by molar-refractivity contribution is 6.03. The van der Waals surface area contributed by atoms with Gasteiger partial charge in [-0.25, -0.2) is 0 Å². The molecule has 0 saturated carbocycles. The van der Waals surface area contributed by atoms with Crippen LogP contribution in [-0.4, -0.2) is 68.9 Å². The number of rotatable bonds is 9. The maximum absolute atomic E-state index is 13.6. The molecule has 0 bridgehead atoms. The van der Waals surface area contributed by atoms with Crippen molar-refractivity contribution in [1.29, 1.82) is 0 Å². The van der Waals surface area contributed by atoms with E-state index in [4.69, 9.17) is 10.5 Å². The molecule has 202 valence electrons. The van der Waals surface area contributed by atoms with Gasteiger partial charge in [-0.15, -0.1) is 0 Å². The molecule has 6 heteroatoms. The molecule has 3 aromatic carbocycles. The zero-order valence-corrected chi connectivity index (χ0v) is 23.2. The average Bonchev–Trinajstić information content (AvgIpc) is 2.97. The topological polar surface area (TPSA) is 75.9 Å². The second-order valence-corrected chi connectivity index (χ2v) is 9.91. The van der Waals surface area contributed by atoms with E-state index in [1.165, 1.54) is 11.1 Å².